The molecule has 3 N–H and O–H groups in total. The van der Waals surface area contributed by atoms with Gasteiger partial charge in [0, 0.05) is 48.4 Å². The van der Waals surface area contributed by atoms with Crippen LogP contribution in [0.15, 0.2) is 30.7 Å². The molecule has 1 unspecified atom stereocenters. The SMILES string of the molecule is CC(C)(C)C(c1ncc[nH]1)N1CC[C@@]2(CCn3nc(-c4cnc(N)c(C(F)(F)F)c4)cc32)C1. The van der Waals surface area contributed by atoms with Crippen LogP contribution in [0.4, 0.5) is 19.0 Å². The second-order valence-corrected chi connectivity index (χ2v) is 10.3. The predicted molar refractivity (Wildman–Crippen MR) is 118 cm³/mol. The smallest absolute Gasteiger partial charge is 0.383 e. The van der Waals surface area contributed by atoms with Gasteiger partial charge in [0.2, 0.25) is 0 Å². The number of anilines is 1. The molecule has 0 amide bonds. The van der Waals surface area contributed by atoms with Gasteiger partial charge in [-0.2, -0.15) is 18.3 Å². The topological polar surface area (TPSA) is 88.7 Å². The normalized spacial score (nSPS) is 22.2. The number of aryl methyl sites for hydroxylation is 1. The quantitative estimate of drug-likeness (QED) is 0.606. The number of nitrogen functional groups attached to an aromatic ring is 1. The Morgan fingerprint density at radius 1 is 1.12 bits per heavy atom. The van der Waals surface area contributed by atoms with E-state index in [1.165, 1.54) is 6.20 Å². The predicted octanol–water partition coefficient (Wildman–Crippen LogP) is 4.40. The van der Waals surface area contributed by atoms with Crippen molar-refractivity contribution in [2.24, 2.45) is 5.41 Å². The van der Waals surface area contributed by atoms with Crippen molar-refractivity contribution < 1.29 is 13.2 Å². The molecule has 2 aliphatic heterocycles. The first-order valence-electron chi connectivity index (χ1n) is 11.1. The molecule has 0 saturated carbocycles. The summed E-state index contributed by atoms with van der Waals surface area (Å²) in [6.45, 7) is 9.18. The van der Waals surface area contributed by atoms with Crippen LogP contribution in [0.2, 0.25) is 0 Å². The summed E-state index contributed by atoms with van der Waals surface area (Å²) in [6.07, 6.45) is 2.38. The number of hydrogen-bond acceptors (Lipinski definition) is 5. The third-order valence-corrected chi connectivity index (χ3v) is 6.99. The number of nitrogens with two attached hydrogens (primary N) is 1. The van der Waals surface area contributed by atoms with Gasteiger partial charge in [0.1, 0.15) is 11.6 Å². The molecule has 0 radical (unpaired) electrons. The third kappa shape index (κ3) is 3.70. The lowest BCUT2D eigenvalue weighted by Crippen LogP contribution is -2.38. The Morgan fingerprint density at radius 3 is 2.55 bits per heavy atom. The molecule has 176 valence electrons. The summed E-state index contributed by atoms with van der Waals surface area (Å²) >= 11 is 0. The van der Waals surface area contributed by atoms with Crippen molar-refractivity contribution >= 4 is 5.82 Å². The Kier molecular flexibility index (Phi) is 4.86. The van der Waals surface area contributed by atoms with Crippen LogP contribution in [0, 0.1) is 5.41 Å². The molecule has 7 nitrogen and oxygen atoms in total. The van der Waals surface area contributed by atoms with Gasteiger partial charge in [0.25, 0.3) is 0 Å². The van der Waals surface area contributed by atoms with Gasteiger partial charge in [-0.3, -0.25) is 9.58 Å². The van der Waals surface area contributed by atoms with Gasteiger partial charge in [-0.05, 0) is 36.9 Å². The number of alkyl halides is 3. The maximum absolute atomic E-state index is 13.3. The molecule has 33 heavy (non-hydrogen) atoms. The van der Waals surface area contributed by atoms with Crippen LogP contribution in [0.3, 0.4) is 0 Å². The monoisotopic (exact) mass is 459 g/mol. The van der Waals surface area contributed by atoms with Crippen molar-refractivity contribution in [2.45, 2.75) is 57.8 Å². The largest absolute Gasteiger partial charge is 0.419 e. The van der Waals surface area contributed by atoms with Gasteiger partial charge in [-0.15, -0.1) is 0 Å². The standard InChI is InChI=1S/C23H28F3N7/c1-21(2,3)18(20-28-6-7-29-20)32-8-4-22(13-32)5-9-33-17(22)11-16(31-33)14-10-15(23(24,25)26)19(27)30-12-14/h6-7,10-12,18H,4-5,8-9,13H2,1-3H3,(H2,27,30)(H,28,29)/t18?,22-/m1/s1. The molecular formula is C23H28F3N7. The number of nitrogens with one attached hydrogen (secondary N) is 1. The van der Waals surface area contributed by atoms with Crippen molar-refractivity contribution in [3.05, 3.63) is 47.8 Å². The third-order valence-electron chi connectivity index (χ3n) is 6.99. The van der Waals surface area contributed by atoms with Crippen molar-refractivity contribution in [3.8, 4) is 11.3 Å². The van der Waals surface area contributed by atoms with E-state index in [1.54, 1.807) is 6.20 Å². The van der Waals surface area contributed by atoms with E-state index >= 15 is 0 Å². The number of aromatic nitrogens is 5. The Morgan fingerprint density at radius 2 is 1.88 bits per heavy atom. The number of H-pyrrole nitrogens is 1. The fraction of sp³-hybridized carbons (Fsp3) is 0.522. The molecule has 10 heteroatoms. The van der Waals surface area contributed by atoms with Crippen molar-refractivity contribution in [1.82, 2.24) is 29.6 Å². The van der Waals surface area contributed by atoms with Crippen LogP contribution < -0.4 is 5.73 Å². The number of aromatic amines is 1. The first kappa shape index (κ1) is 21.9. The molecule has 5 rings (SSSR count). The minimum absolute atomic E-state index is 0.0168. The molecule has 5 heterocycles. The van der Waals surface area contributed by atoms with Crippen molar-refractivity contribution in [2.75, 3.05) is 18.8 Å². The molecule has 0 aromatic carbocycles. The second-order valence-electron chi connectivity index (χ2n) is 10.3. The van der Waals surface area contributed by atoms with E-state index in [1.807, 2.05) is 16.9 Å². The van der Waals surface area contributed by atoms with Crippen LogP contribution >= 0.6 is 0 Å². The molecule has 0 bridgehead atoms. The number of nitrogens with zero attached hydrogens (tertiary/aromatic N) is 5. The molecule has 1 fully saturated rings. The summed E-state index contributed by atoms with van der Waals surface area (Å²) in [4.78, 5) is 14.1. The molecule has 1 saturated heterocycles. The van der Waals surface area contributed by atoms with E-state index in [9.17, 15) is 13.2 Å². The number of imidazole rings is 1. The Hall–Kier alpha value is -2.88. The van der Waals surface area contributed by atoms with E-state index in [0.717, 1.165) is 50.1 Å². The Bertz CT molecular complexity index is 1160. The van der Waals surface area contributed by atoms with Gasteiger partial charge in [0.15, 0.2) is 0 Å². The number of fused-ring (bicyclic) bond motifs is 2. The summed E-state index contributed by atoms with van der Waals surface area (Å²) in [5.74, 6) is 0.437. The fourth-order valence-electron chi connectivity index (χ4n) is 5.54. The molecule has 3 aromatic heterocycles. The van der Waals surface area contributed by atoms with Gasteiger partial charge in [-0.25, -0.2) is 9.97 Å². The van der Waals surface area contributed by atoms with Crippen LogP contribution in [-0.4, -0.2) is 42.7 Å². The minimum Gasteiger partial charge on any atom is -0.383 e. The van der Waals surface area contributed by atoms with E-state index in [4.69, 9.17) is 5.73 Å². The van der Waals surface area contributed by atoms with Gasteiger partial charge >= 0.3 is 6.18 Å². The molecule has 0 aliphatic carbocycles. The number of likely N-dealkylation sites (tertiary alicyclic amines) is 1. The lowest BCUT2D eigenvalue weighted by molar-refractivity contribution is -0.137. The summed E-state index contributed by atoms with van der Waals surface area (Å²) in [5.41, 5.74) is 6.35. The van der Waals surface area contributed by atoms with E-state index in [2.05, 4.69) is 45.7 Å². The number of hydrogen-bond donors (Lipinski definition) is 2. The fourth-order valence-corrected chi connectivity index (χ4v) is 5.54. The molecule has 2 aliphatic rings. The number of halogens is 3. The summed E-state index contributed by atoms with van der Waals surface area (Å²) < 4.78 is 41.9. The van der Waals surface area contributed by atoms with Crippen LogP contribution in [0.5, 0.6) is 0 Å². The highest BCUT2D eigenvalue weighted by Gasteiger charge is 2.49. The summed E-state index contributed by atoms with van der Waals surface area (Å²) in [7, 11) is 0. The molecular weight excluding hydrogens is 431 g/mol. The second kappa shape index (κ2) is 7.31. The zero-order valence-corrected chi connectivity index (χ0v) is 18.9. The minimum atomic E-state index is -4.56. The highest BCUT2D eigenvalue weighted by molar-refractivity contribution is 5.63. The zero-order chi connectivity index (χ0) is 23.6. The van der Waals surface area contributed by atoms with E-state index in [-0.39, 0.29) is 16.9 Å². The first-order chi connectivity index (χ1) is 15.5. The zero-order valence-electron chi connectivity index (χ0n) is 18.9. The van der Waals surface area contributed by atoms with Gasteiger partial charge in [-0.1, -0.05) is 20.8 Å². The van der Waals surface area contributed by atoms with Crippen LogP contribution in [-0.2, 0) is 18.1 Å². The highest BCUT2D eigenvalue weighted by Crippen LogP contribution is 2.48. The van der Waals surface area contributed by atoms with Crippen molar-refractivity contribution in [3.63, 3.8) is 0 Å². The average molecular weight is 460 g/mol. The van der Waals surface area contributed by atoms with Gasteiger partial charge < -0.3 is 10.7 Å². The molecule has 1 spiro atoms. The first-order valence-corrected chi connectivity index (χ1v) is 11.1. The van der Waals surface area contributed by atoms with E-state index in [0.29, 0.717) is 11.3 Å². The maximum atomic E-state index is 13.3. The summed E-state index contributed by atoms with van der Waals surface area (Å²) in [6, 6.07) is 3.11. The lowest BCUT2D eigenvalue weighted by Gasteiger charge is -2.37. The van der Waals surface area contributed by atoms with Gasteiger partial charge in [0.05, 0.1) is 17.3 Å². The van der Waals surface area contributed by atoms with E-state index < -0.39 is 17.6 Å². The maximum Gasteiger partial charge on any atom is 0.419 e. The molecule has 2 atom stereocenters. The summed E-state index contributed by atoms with van der Waals surface area (Å²) in [5, 5.41) is 4.63. The Balaban J connectivity index is 1.46. The lowest BCUT2D eigenvalue weighted by atomic mass is 9.81. The number of pyridine rings is 1. The van der Waals surface area contributed by atoms with Crippen LogP contribution in [0.1, 0.15) is 56.7 Å². The van der Waals surface area contributed by atoms with Crippen molar-refractivity contribution in [1.29, 1.82) is 0 Å². The Labute approximate surface area is 190 Å². The number of rotatable bonds is 3. The van der Waals surface area contributed by atoms with Crippen LogP contribution in [0.25, 0.3) is 11.3 Å². The molecule has 3 aromatic rings. The average Bonchev–Trinajstić information content (AvgIpc) is 3.49. The highest BCUT2D eigenvalue weighted by atomic mass is 19.4.